The van der Waals surface area contributed by atoms with Crippen LogP contribution in [0.5, 0.6) is 0 Å². The molecule has 1 aliphatic rings. The summed E-state index contributed by atoms with van der Waals surface area (Å²) >= 11 is 0. The Hall–Kier alpha value is -2.29. The fourth-order valence-electron chi connectivity index (χ4n) is 2.44. The van der Waals surface area contributed by atoms with Crippen LogP contribution in [0.2, 0.25) is 0 Å². The van der Waals surface area contributed by atoms with Gasteiger partial charge in [-0.3, -0.25) is 4.79 Å². The summed E-state index contributed by atoms with van der Waals surface area (Å²) in [6, 6.07) is 14.6. The molecule has 0 spiro atoms. The highest BCUT2D eigenvalue weighted by molar-refractivity contribution is 5.81. The van der Waals surface area contributed by atoms with Gasteiger partial charge in [0.2, 0.25) is 5.91 Å². The van der Waals surface area contributed by atoms with Gasteiger partial charge in [0.05, 0.1) is 6.54 Å². The third kappa shape index (κ3) is 1.84. The first-order valence-corrected chi connectivity index (χ1v) is 5.97. The Morgan fingerprint density at radius 2 is 1.89 bits per heavy atom. The van der Waals surface area contributed by atoms with Gasteiger partial charge < -0.3 is 11.1 Å². The summed E-state index contributed by atoms with van der Waals surface area (Å²) < 4.78 is 0. The van der Waals surface area contributed by atoms with Gasteiger partial charge in [-0.2, -0.15) is 0 Å². The maximum absolute atomic E-state index is 10.7. The molecule has 0 saturated heterocycles. The second kappa shape index (κ2) is 4.18. The van der Waals surface area contributed by atoms with Gasteiger partial charge in [-0.15, -0.1) is 0 Å². The third-order valence-electron chi connectivity index (χ3n) is 3.26. The first-order chi connectivity index (χ1) is 8.74. The number of amides is 1. The number of anilines is 1. The molecule has 3 rings (SSSR count). The number of nitrogens with two attached hydrogens (primary N) is 1. The largest absolute Gasteiger partial charge is 0.376 e. The zero-order valence-corrected chi connectivity index (χ0v) is 9.94. The molecule has 1 amide bonds. The van der Waals surface area contributed by atoms with E-state index >= 15 is 0 Å². The first-order valence-electron chi connectivity index (χ1n) is 5.97. The van der Waals surface area contributed by atoms with E-state index in [4.69, 9.17) is 5.73 Å². The molecule has 0 atom stereocenters. The Balaban J connectivity index is 1.91. The van der Waals surface area contributed by atoms with E-state index in [-0.39, 0.29) is 12.5 Å². The molecule has 0 aliphatic heterocycles. The van der Waals surface area contributed by atoms with Crippen molar-refractivity contribution in [3.63, 3.8) is 0 Å². The summed E-state index contributed by atoms with van der Waals surface area (Å²) in [6.07, 6.45) is 0.956. The van der Waals surface area contributed by atoms with E-state index in [0.29, 0.717) is 0 Å². The fraction of sp³-hybridized carbons (Fsp3) is 0.133. The molecule has 0 unspecified atom stereocenters. The monoisotopic (exact) mass is 238 g/mol. The topological polar surface area (TPSA) is 55.1 Å². The highest BCUT2D eigenvalue weighted by Crippen LogP contribution is 2.37. The predicted octanol–water partition coefficient (Wildman–Crippen LogP) is 2.16. The molecule has 90 valence electrons. The molecule has 0 bridgehead atoms. The zero-order valence-electron chi connectivity index (χ0n) is 9.94. The van der Waals surface area contributed by atoms with Gasteiger partial charge in [-0.25, -0.2) is 0 Å². The van der Waals surface area contributed by atoms with Gasteiger partial charge in [-0.05, 0) is 40.8 Å². The van der Waals surface area contributed by atoms with Gasteiger partial charge in [0.1, 0.15) is 0 Å². The third-order valence-corrected chi connectivity index (χ3v) is 3.26. The molecule has 3 heteroatoms. The van der Waals surface area contributed by atoms with E-state index in [1.807, 2.05) is 6.07 Å². The minimum absolute atomic E-state index is 0.172. The predicted molar refractivity (Wildman–Crippen MR) is 72.4 cm³/mol. The normalized spacial score (nSPS) is 11.8. The van der Waals surface area contributed by atoms with E-state index < -0.39 is 0 Å². The zero-order chi connectivity index (χ0) is 12.5. The number of primary amides is 1. The summed E-state index contributed by atoms with van der Waals surface area (Å²) in [4.78, 5) is 10.7. The molecule has 18 heavy (non-hydrogen) atoms. The summed E-state index contributed by atoms with van der Waals surface area (Å²) in [5.41, 5.74) is 11.3. The number of fused-ring (bicyclic) bond motifs is 3. The van der Waals surface area contributed by atoms with E-state index in [1.54, 1.807) is 0 Å². The Morgan fingerprint density at radius 1 is 1.11 bits per heavy atom. The molecule has 0 saturated carbocycles. The summed E-state index contributed by atoms with van der Waals surface area (Å²) in [7, 11) is 0. The van der Waals surface area contributed by atoms with Gasteiger partial charge in [-0.1, -0.05) is 30.3 Å². The minimum Gasteiger partial charge on any atom is -0.376 e. The van der Waals surface area contributed by atoms with Crippen LogP contribution >= 0.6 is 0 Å². The van der Waals surface area contributed by atoms with Crippen LogP contribution in [-0.2, 0) is 11.2 Å². The average molecular weight is 238 g/mol. The average Bonchev–Trinajstić information content (AvgIpc) is 2.73. The lowest BCUT2D eigenvalue weighted by Gasteiger charge is -2.06. The van der Waals surface area contributed by atoms with Crippen molar-refractivity contribution >= 4 is 11.6 Å². The first kappa shape index (κ1) is 10.8. The van der Waals surface area contributed by atoms with Crippen LogP contribution in [0.25, 0.3) is 11.1 Å². The van der Waals surface area contributed by atoms with Crippen molar-refractivity contribution in [2.24, 2.45) is 5.73 Å². The number of hydrogen-bond acceptors (Lipinski definition) is 2. The van der Waals surface area contributed by atoms with Gasteiger partial charge in [0.15, 0.2) is 0 Å². The molecular weight excluding hydrogens is 224 g/mol. The maximum atomic E-state index is 10.7. The van der Waals surface area contributed by atoms with Crippen molar-refractivity contribution in [3.05, 3.63) is 53.6 Å². The Labute approximate surface area is 106 Å². The summed E-state index contributed by atoms with van der Waals surface area (Å²) in [6.45, 7) is 0.172. The van der Waals surface area contributed by atoms with Crippen molar-refractivity contribution < 1.29 is 4.79 Å². The van der Waals surface area contributed by atoms with Gasteiger partial charge in [0, 0.05) is 5.69 Å². The Kier molecular flexibility index (Phi) is 2.52. The number of carbonyl (C=O) groups excluding carboxylic acids is 1. The van der Waals surface area contributed by atoms with E-state index in [1.165, 1.54) is 22.3 Å². The molecule has 3 nitrogen and oxygen atoms in total. The molecule has 0 fully saturated rings. The number of carbonyl (C=O) groups is 1. The second-order valence-corrected chi connectivity index (χ2v) is 4.53. The van der Waals surface area contributed by atoms with Crippen molar-refractivity contribution in [2.75, 3.05) is 11.9 Å². The summed E-state index contributed by atoms with van der Waals surface area (Å²) in [5, 5.41) is 3.03. The smallest absolute Gasteiger partial charge is 0.236 e. The molecule has 2 aromatic carbocycles. The Morgan fingerprint density at radius 3 is 2.72 bits per heavy atom. The summed E-state index contributed by atoms with van der Waals surface area (Å²) in [5.74, 6) is -0.348. The van der Waals surface area contributed by atoms with Gasteiger partial charge in [0.25, 0.3) is 0 Å². The van der Waals surface area contributed by atoms with Crippen LogP contribution < -0.4 is 11.1 Å². The fourth-order valence-corrected chi connectivity index (χ4v) is 2.44. The van der Waals surface area contributed by atoms with Crippen molar-refractivity contribution in [1.82, 2.24) is 0 Å². The SMILES string of the molecule is NC(=O)CNc1ccc2c(c1)Cc1ccccc1-2. The van der Waals surface area contributed by atoms with E-state index in [0.717, 1.165) is 12.1 Å². The highest BCUT2D eigenvalue weighted by atomic mass is 16.1. The van der Waals surface area contributed by atoms with E-state index in [9.17, 15) is 4.79 Å². The molecule has 0 heterocycles. The quantitative estimate of drug-likeness (QED) is 0.734. The molecule has 3 N–H and O–H groups in total. The van der Waals surface area contributed by atoms with Gasteiger partial charge >= 0.3 is 0 Å². The van der Waals surface area contributed by atoms with Crippen LogP contribution in [0.15, 0.2) is 42.5 Å². The van der Waals surface area contributed by atoms with E-state index in [2.05, 4.69) is 41.7 Å². The Bertz CT molecular complexity index is 620. The number of hydrogen-bond donors (Lipinski definition) is 2. The van der Waals surface area contributed by atoms with Crippen LogP contribution in [0, 0.1) is 0 Å². The van der Waals surface area contributed by atoms with Crippen LogP contribution in [0.1, 0.15) is 11.1 Å². The lowest BCUT2D eigenvalue weighted by atomic mass is 10.1. The molecular formula is C15H14N2O. The lowest BCUT2D eigenvalue weighted by molar-refractivity contribution is -0.116. The number of rotatable bonds is 3. The molecule has 0 radical (unpaired) electrons. The van der Waals surface area contributed by atoms with Crippen LogP contribution in [0.4, 0.5) is 5.69 Å². The maximum Gasteiger partial charge on any atom is 0.236 e. The van der Waals surface area contributed by atoms with Crippen molar-refractivity contribution in [1.29, 1.82) is 0 Å². The van der Waals surface area contributed by atoms with Crippen LogP contribution in [0.3, 0.4) is 0 Å². The molecule has 2 aromatic rings. The number of benzene rings is 2. The standard InChI is InChI=1S/C15H14N2O/c16-15(18)9-17-12-5-6-14-11(8-12)7-10-3-1-2-4-13(10)14/h1-6,8,17H,7,9H2,(H2,16,18). The van der Waals surface area contributed by atoms with Crippen molar-refractivity contribution in [3.8, 4) is 11.1 Å². The van der Waals surface area contributed by atoms with Crippen molar-refractivity contribution in [2.45, 2.75) is 6.42 Å². The highest BCUT2D eigenvalue weighted by Gasteiger charge is 2.17. The lowest BCUT2D eigenvalue weighted by Crippen LogP contribution is -2.21. The molecule has 1 aliphatic carbocycles. The minimum atomic E-state index is -0.348. The second-order valence-electron chi connectivity index (χ2n) is 4.53. The molecule has 0 aromatic heterocycles. The number of nitrogens with one attached hydrogen (secondary N) is 1. The van der Waals surface area contributed by atoms with Crippen LogP contribution in [-0.4, -0.2) is 12.5 Å².